The smallest absolute Gasteiger partial charge is 0.223 e. The highest BCUT2D eigenvalue weighted by atomic mass is 32.1. The lowest BCUT2D eigenvalue weighted by Gasteiger charge is -2.33. The van der Waals surface area contributed by atoms with Gasteiger partial charge >= 0.3 is 0 Å². The topological polar surface area (TPSA) is 58.1 Å². The molecular weight excluding hydrogens is 428 g/mol. The highest BCUT2D eigenvalue weighted by Crippen LogP contribution is 2.59. The van der Waals surface area contributed by atoms with Crippen LogP contribution in [-0.4, -0.2) is 39.2 Å². The summed E-state index contributed by atoms with van der Waals surface area (Å²) in [4.78, 5) is 15.7. The Balaban J connectivity index is 1.03. The minimum Gasteiger partial charge on any atom is -0.355 e. The summed E-state index contributed by atoms with van der Waals surface area (Å²) >= 11 is 1.28. The predicted octanol–water partition coefficient (Wildman–Crippen LogP) is 4.92. The molecule has 1 aliphatic heterocycles. The lowest BCUT2D eigenvalue weighted by atomic mass is 9.78. The fourth-order valence-electron chi connectivity index (χ4n) is 6.40. The Morgan fingerprint density at radius 3 is 2.55 bits per heavy atom. The van der Waals surface area contributed by atoms with Crippen LogP contribution >= 0.6 is 11.7 Å². The highest BCUT2D eigenvalue weighted by molar-refractivity contribution is 7.00. The van der Waals surface area contributed by atoms with Gasteiger partial charge in [-0.2, -0.15) is 8.75 Å². The molecule has 2 aliphatic carbocycles. The van der Waals surface area contributed by atoms with Gasteiger partial charge in [0.2, 0.25) is 5.91 Å². The summed E-state index contributed by atoms with van der Waals surface area (Å²) < 4.78 is 8.67. The largest absolute Gasteiger partial charge is 0.355 e. The first-order valence-corrected chi connectivity index (χ1v) is 13.2. The Kier molecular flexibility index (Phi) is 5.46. The van der Waals surface area contributed by atoms with Gasteiger partial charge in [-0.25, -0.2) is 0 Å². The molecule has 1 N–H and O–H groups in total. The molecule has 3 aromatic rings. The maximum atomic E-state index is 13.1. The van der Waals surface area contributed by atoms with E-state index >= 15 is 0 Å². The SMILES string of the molecule is O=C(NCC1(c2ccccc2)CCCC1)C1CC12CCN(Cc1ccc3nsnc3c1)CC2. The maximum Gasteiger partial charge on any atom is 0.223 e. The number of aromatic nitrogens is 2. The van der Waals surface area contributed by atoms with Crippen molar-refractivity contribution in [3.05, 3.63) is 59.7 Å². The molecule has 3 aliphatic rings. The van der Waals surface area contributed by atoms with E-state index in [1.807, 2.05) is 0 Å². The third-order valence-electron chi connectivity index (χ3n) is 8.63. The highest BCUT2D eigenvalue weighted by Gasteiger charge is 2.58. The van der Waals surface area contributed by atoms with Gasteiger partial charge in [0.25, 0.3) is 0 Å². The van der Waals surface area contributed by atoms with Gasteiger partial charge in [0, 0.05) is 24.4 Å². The van der Waals surface area contributed by atoms with Gasteiger partial charge in [0.05, 0.1) is 11.7 Å². The Morgan fingerprint density at radius 2 is 1.76 bits per heavy atom. The van der Waals surface area contributed by atoms with Crippen LogP contribution < -0.4 is 5.32 Å². The fraction of sp³-hybridized carbons (Fsp3) is 0.519. The summed E-state index contributed by atoms with van der Waals surface area (Å²) in [6.07, 6.45) is 8.24. The van der Waals surface area contributed by atoms with Crippen LogP contribution in [0.3, 0.4) is 0 Å². The van der Waals surface area contributed by atoms with Crippen LogP contribution in [0.25, 0.3) is 11.0 Å². The Labute approximate surface area is 199 Å². The molecule has 172 valence electrons. The Hall–Kier alpha value is -2.31. The normalized spacial score (nSPS) is 23.7. The number of hydrogen-bond acceptors (Lipinski definition) is 5. The van der Waals surface area contributed by atoms with E-state index in [0.29, 0.717) is 5.91 Å². The summed E-state index contributed by atoms with van der Waals surface area (Å²) in [6.45, 7) is 3.90. The zero-order valence-electron chi connectivity index (χ0n) is 19.1. The van der Waals surface area contributed by atoms with Crippen molar-refractivity contribution in [3.63, 3.8) is 0 Å². The number of piperidine rings is 1. The first-order chi connectivity index (χ1) is 16.2. The van der Waals surface area contributed by atoms with E-state index < -0.39 is 0 Å². The van der Waals surface area contributed by atoms with Crippen molar-refractivity contribution in [1.29, 1.82) is 0 Å². The van der Waals surface area contributed by atoms with Crippen molar-refractivity contribution in [2.45, 2.75) is 56.9 Å². The molecule has 1 saturated heterocycles. The van der Waals surface area contributed by atoms with E-state index in [0.717, 1.165) is 56.5 Å². The number of nitrogens with zero attached hydrogens (tertiary/aromatic N) is 3. The van der Waals surface area contributed by atoms with Gasteiger partial charge < -0.3 is 5.32 Å². The van der Waals surface area contributed by atoms with E-state index in [1.54, 1.807) is 0 Å². The molecule has 0 bridgehead atoms. The number of amides is 1. The number of benzene rings is 2. The van der Waals surface area contributed by atoms with Gasteiger partial charge in [0.1, 0.15) is 11.0 Å². The molecule has 0 radical (unpaired) electrons. The third kappa shape index (κ3) is 4.08. The predicted molar refractivity (Wildman–Crippen MR) is 132 cm³/mol. The van der Waals surface area contributed by atoms with E-state index in [2.05, 4.69) is 67.5 Å². The molecule has 33 heavy (non-hydrogen) atoms. The van der Waals surface area contributed by atoms with Gasteiger partial charge in [0.15, 0.2) is 0 Å². The van der Waals surface area contributed by atoms with Gasteiger partial charge in [-0.3, -0.25) is 9.69 Å². The van der Waals surface area contributed by atoms with Crippen molar-refractivity contribution in [1.82, 2.24) is 19.0 Å². The second-order valence-corrected chi connectivity index (χ2v) is 11.1. The molecule has 1 spiro atoms. The summed E-state index contributed by atoms with van der Waals surface area (Å²) in [7, 11) is 0. The lowest BCUT2D eigenvalue weighted by molar-refractivity contribution is -0.123. The first kappa shape index (κ1) is 21.2. The number of carbonyl (C=O) groups excluding carboxylic acids is 1. The molecule has 6 rings (SSSR count). The molecule has 6 heteroatoms. The van der Waals surface area contributed by atoms with Crippen molar-refractivity contribution in [2.24, 2.45) is 11.3 Å². The summed E-state index contributed by atoms with van der Waals surface area (Å²) in [5.74, 6) is 0.512. The van der Waals surface area contributed by atoms with Gasteiger partial charge in [-0.15, -0.1) is 0 Å². The summed E-state index contributed by atoms with van der Waals surface area (Å²) in [6, 6.07) is 17.3. The Morgan fingerprint density at radius 1 is 1.00 bits per heavy atom. The number of rotatable bonds is 6. The number of carbonyl (C=O) groups is 1. The minimum atomic E-state index is 0.135. The average molecular weight is 461 g/mol. The van der Waals surface area contributed by atoms with Crippen LogP contribution in [0.15, 0.2) is 48.5 Å². The number of likely N-dealkylation sites (tertiary alicyclic amines) is 1. The molecule has 2 aromatic carbocycles. The van der Waals surface area contributed by atoms with Crippen LogP contribution in [-0.2, 0) is 16.8 Å². The monoisotopic (exact) mass is 460 g/mol. The Bertz CT molecular complexity index is 1130. The van der Waals surface area contributed by atoms with Crippen molar-refractivity contribution >= 4 is 28.7 Å². The molecule has 3 fully saturated rings. The lowest BCUT2D eigenvalue weighted by Crippen LogP contribution is -2.41. The molecule has 2 saturated carbocycles. The number of nitrogens with one attached hydrogen (secondary N) is 1. The molecule has 1 aromatic heterocycles. The van der Waals surface area contributed by atoms with Crippen LogP contribution in [0.2, 0.25) is 0 Å². The van der Waals surface area contributed by atoms with E-state index in [4.69, 9.17) is 0 Å². The van der Waals surface area contributed by atoms with E-state index in [9.17, 15) is 4.79 Å². The van der Waals surface area contributed by atoms with E-state index in [1.165, 1.54) is 48.5 Å². The van der Waals surface area contributed by atoms with Crippen LogP contribution in [0.4, 0.5) is 0 Å². The first-order valence-electron chi connectivity index (χ1n) is 12.4. The summed E-state index contributed by atoms with van der Waals surface area (Å²) in [5, 5.41) is 3.40. The molecular formula is C27H32N4OS. The van der Waals surface area contributed by atoms with Gasteiger partial charge in [-0.1, -0.05) is 49.2 Å². The summed E-state index contributed by atoms with van der Waals surface area (Å²) in [5.41, 5.74) is 5.07. The van der Waals surface area contributed by atoms with Crippen LogP contribution in [0.1, 0.15) is 56.1 Å². The maximum absolute atomic E-state index is 13.1. The minimum absolute atomic E-state index is 0.135. The standard InChI is InChI=1S/C27H32N4OS/c32-25(28-19-27(10-4-5-11-27)21-6-2-1-3-7-21)22-17-26(22)12-14-31(15-13-26)18-20-8-9-23-24(16-20)30-33-29-23/h1-3,6-9,16,22H,4-5,10-15,17-19H2,(H,28,32). The second-order valence-electron chi connectivity index (χ2n) is 10.6. The van der Waals surface area contributed by atoms with Crippen LogP contribution in [0, 0.1) is 11.3 Å². The van der Waals surface area contributed by atoms with Crippen molar-refractivity contribution in [2.75, 3.05) is 19.6 Å². The zero-order valence-corrected chi connectivity index (χ0v) is 19.9. The van der Waals surface area contributed by atoms with Crippen LogP contribution in [0.5, 0.6) is 0 Å². The van der Waals surface area contributed by atoms with Crippen molar-refractivity contribution < 1.29 is 4.79 Å². The van der Waals surface area contributed by atoms with Crippen molar-refractivity contribution in [3.8, 4) is 0 Å². The molecule has 1 atom stereocenters. The second kappa shape index (κ2) is 8.48. The molecule has 1 amide bonds. The van der Waals surface area contributed by atoms with E-state index in [-0.39, 0.29) is 16.7 Å². The van der Waals surface area contributed by atoms with Gasteiger partial charge in [-0.05, 0) is 73.9 Å². The zero-order chi connectivity index (χ0) is 22.3. The quantitative estimate of drug-likeness (QED) is 0.567. The number of fused-ring (bicyclic) bond motifs is 1. The number of hydrogen-bond donors (Lipinski definition) is 1. The molecule has 1 unspecified atom stereocenters. The fourth-order valence-corrected chi connectivity index (χ4v) is 6.92. The average Bonchev–Trinajstić information content (AvgIpc) is 3.19. The third-order valence-corrected chi connectivity index (χ3v) is 9.19. The molecule has 5 nitrogen and oxygen atoms in total. The molecule has 2 heterocycles.